The number of carbonyl (C=O) groups is 4. The molecule has 0 unspecified atom stereocenters. The number of esters is 1. The van der Waals surface area contributed by atoms with Gasteiger partial charge in [0, 0.05) is 24.4 Å². The minimum Gasteiger partial charge on any atom is -0.477 e. The summed E-state index contributed by atoms with van der Waals surface area (Å²) in [5.41, 5.74) is 0.721. The van der Waals surface area contributed by atoms with E-state index in [0.717, 1.165) is 4.90 Å². The van der Waals surface area contributed by atoms with Crippen molar-refractivity contribution in [3.05, 3.63) is 28.2 Å². The van der Waals surface area contributed by atoms with Gasteiger partial charge < -0.3 is 15.2 Å². The molecule has 1 fully saturated rings. The molecule has 2 N–H and O–H groups in total. The fraction of sp³-hybridized carbons (Fsp3) is 0.438. The average Bonchev–Trinajstić information content (AvgIpc) is 2.93. The summed E-state index contributed by atoms with van der Waals surface area (Å²) in [6.45, 7) is 2.61. The van der Waals surface area contributed by atoms with Crippen LogP contribution in [0.3, 0.4) is 0 Å². The highest BCUT2D eigenvalue weighted by Gasteiger charge is 2.54. The molecule has 0 saturated carbocycles. The zero-order valence-electron chi connectivity index (χ0n) is 15.0. The lowest BCUT2D eigenvalue weighted by Crippen LogP contribution is -2.70. The van der Waals surface area contributed by atoms with Gasteiger partial charge in [-0.1, -0.05) is 11.6 Å². The number of carboxylic acids is 1. The number of nitrogens with one attached hydrogen (secondary N) is 1. The summed E-state index contributed by atoms with van der Waals surface area (Å²) in [5.74, 6) is -2.53. The van der Waals surface area contributed by atoms with Crippen molar-refractivity contribution in [1.82, 2.24) is 20.0 Å². The van der Waals surface area contributed by atoms with Crippen LogP contribution in [-0.4, -0.2) is 67.3 Å². The predicted octanol–water partition coefficient (Wildman–Crippen LogP) is 0.147. The van der Waals surface area contributed by atoms with Crippen LogP contribution in [0.2, 0.25) is 5.02 Å². The van der Waals surface area contributed by atoms with E-state index in [1.165, 1.54) is 29.6 Å². The quantitative estimate of drug-likeness (QED) is 0.483. The summed E-state index contributed by atoms with van der Waals surface area (Å²) >= 11 is 7.20. The molecule has 1 aromatic heterocycles. The van der Waals surface area contributed by atoms with Crippen molar-refractivity contribution >= 4 is 47.1 Å². The normalized spacial score (nSPS) is 21.1. The van der Waals surface area contributed by atoms with E-state index in [1.54, 1.807) is 6.92 Å². The Morgan fingerprint density at radius 3 is 2.75 bits per heavy atom. The summed E-state index contributed by atoms with van der Waals surface area (Å²) in [5, 5.41) is 16.1. The molecule has 1 aromatic rings. The number of ether oxygens (including phenoxy) is 1. The van der Waals surface area contributed by atoms with E-state index in [0.29, 0.717) is 16.3 Å². The van der Waals surface area contributed by atoms with Crippen molar-refractivity contribution in [2.24, 2.45) is 0 Å². The number of fused-ring (bicyclic) bond motifs is 1. The van der Waals surface area contributed by atoms with Crippen LogP contribution in [0.1, 0.15) is 12.6 Å². The molecule has 3 rings (SSSR count). The number of nitrogens with zero attached hydrogens (tertiary/aromatic N) is 3. The summed E-state index contributed by atoms with van der Waals surface area (Å²) in [6.07, 6.45) is 1.51. The van der Waals surface area contributed by atoms with Crippen LogP contribution in [0.25, 0.3) is 0 Å². The van der Waals surface area contributed by atoms with Gasteiger partial charge in [-0.2, -0.15) is 5.10 Å². The Hall–Kier alpha value is -2.53. The summed E-state index contributed by atoms with van der Waals surface area (Å²) in [6, 6.07) is -0.839. The highest BCUT2D eigenvalue weighted by Crippen LogP contribution is 2.40. The molecular weight excluding hydrogens is 412 g/mol. The zero-order valence-corrected chi connectivity index (χ0v) is 16.5. The van der Waals surface area contributed by atoms with E-state index >= 15 is 0 Å². The Morgan fingerprint density at radius 2 is 2.18 bits per heavy atom. The van der Waals surface area contributed by atoms with Crippen molar-refractivity contribution in [2.75, 3.05) is 12.4 Å². The molecule has 0 spiro atoms. The maximum absolute atomic E-state index is 12.5. The third kappa shape index (κ3) is 3.85. The van der Waals surface area contributed by atoms with Gasteiger partial charge in [-0.25, -0.2) is 4.79 Å². The third-order valence-corrected chi connectivity index (χ3v) is 5.92. The monoisotopic (exact) mass is 428 g/mol. The molecule has 28 heavy (non-hydrogen) atoms. The number of halogens is 1. The van der Waals surface area contributed by atoms with E-state index in [-0.39, 0.29) is 24.6 Å². The van der Waals surface area contributed by atoms with Gasteiger partial charge in [-0.15, -0.1) is 11.8 Å². The first-order chi connectivity index (χ1) is 13.2. The second-order valence-electron chi connectivity index (χ2n) is 6.25. The molecule has 0 radical (unpaired) electrons. The molecule has 0 aliphatic carbocycles. The maximum Gasteiger partial charge on any atom is 0.352 e. The van der Waals surface area contributed by atoms with Gasteiger partial charge >= 0.3 is 11.9 Å². The van der Waals surface area contributed by atoms with Crippen molar-refractivity contribution in [2.45, 2.75) is 31.8 Å². The lowest BCUT2D eigenvalue weighted by molar-refractivity contribution is -0.151. The molecule has 2 atom stereocenters. The van der Waals surface area contributed by atoms with E-state index in [1.807, 2.05) is 0 Å². The van der Waals surface area contributed by atoms with Crippen LogP contribution < -0.4 is 5.32 Å². The summed E-state index contributed by atoms with van der Waals surface area (Å²) < 4.78 is 6.24. The van der Waals surface area contributed by atoms with Gasteiger partial charge in [-0.05, 0) is 6.92 Å². The SMILES string of the molecule is CC(=O)OCC1=C(C(=O)O)N2C(=O)[C@H](NC(=O)Cn3cc(Cl)c(C)n3)[C@@H]2SC1. The molecule has 3 heterocycles. The number of hydrogen-bond donors (Lipinski definition) is 2. The van der Waals surface area contributed by atoms with Gasteiger partial charge in [0.2, 0.25) is 5.91 Å². The maximum atomic E-state index is 12.5. The number of amides is 2. The summed E-state index contributed by atoms with van der Waals surface area (Å²) in [4.78, 5) is 48.5. The first-order valence-corrected chi connectivity index (χ1v) is 9.64. The van der Waals surface area contributed by atoms with E-state index in [4.69, 9.17) is 16.3 Å². The molecule has 2 amide bonds. The number of aryl methyl sites for hydroxylation is 1. The van der Waals surface area contributed by atoms with Gasteiger partial charge in [0.1, 0.15) is 30.3 Å². The van der Waals surface area contributed by atoms with Crippen molar-refractivity contribution < 1.29 is 29.0 Å². The molecule has 150 valence electrons. The first-order valence-electron chi connectivity index (χ1n) is 8.21. The Labute approximate surface area is 168 Å². The van der Waals surface area contributed by atoms with Crippen LogP contribution in [0, 0.1) is 6.92 Å². The zero-order chi connectivity index (χ0) is 20.6. The Bertz CT molecular complexity index is 878. The second kappa shape index (κ2) is 7.84. The Kier molecular flexibility index (Phi) is 5.66. The number of aromatic nitrogens is 2. The van der Waals surface area contributed by atoms with E-state index in [2.05, 4.69) is 10.4 Å². The topological polar surface area (TPSA) is 131 Å². The number of aliphatic carboxylic acids is 1. The number of hydrogen-bond acceptors (Lipinski definition) is 7. The first kappa shape index (κ1) is 20.2. The Balaban J connectivity index is 1.68. The standard InChI is InChI=1S/C16H17ClN4O6S/c1-7-10(17)3-20(19-7)4-11(23)18-12-14(24)21-13(16(25)26)9(5-27-8(2)22)6-28-15(12)21/h3,12,15H,4-6H2,1-2H3,(H,18,23)(H,25,26)/t12-,15-/m0/s1. The molecule has 2 aliphatic heterocycles. The van der Waals surface area contributed by atoms with Gasteiger partial charge in [-0.3, -0.25) is 24.0 Å². The third-order valence-electron chi connectivity index (χ3n) is 4.21. The van der Waals surface area contributed by atoms with E-state index in [9.17, 15) is 24.3 Å². The molecule has 12 heteroatoms. The molecule has 0 aromatic carbocycles. The van der Waals surface area contributed by atoms with Crippen LogP contribution in [-0.2, 0) is 30.5 Å². The van der Waals surface area contributed by atoms with Crippen molar-refractivity contribution in [1.29, 1.82) is 0 Å². The molecular formula is C16H17ClN4O6S. The molecule has 0 bridgehead atoms. The van der Waals surface area contributed by atoms with Crippen LogP contribution in [0.4, 0.5) is 0 Å². The number of rotatable bonds is 6. The fourth-order valence-corrected chi connectivity index (χ4v) is 4.40. The van der Waals surface area contributed by atoms with Gasteiger partial charge in [0.25, 0.3) is 5.91 Å². The number of β-lactam (4-membered cyclic amide) rings is 1. The number of carboxylic acid groups (broad SMARTS) is 1. The van der Waals surface area contributed by atoms with Crippen molar-refractivity contribution in [3.63, 3.8) is 0 Å². The van der Waals surface area contributed by atoms with Crippen LogP contribution in [0.5, 0.6) is 0 Å². The van der Waals surface area contributed by atoms with Crippen molar-refractivity contribution in [3.8, 4) is 0 Å². The lowest BCUT2D eigenvalue weighted by Gasteiger charge is -2.49. The Morgan fingerprint density at radius 1 is 1.46 bits per heavy atom. The van der Waals surface area contributed by atoms with Gasteiger partial charge in [0.15, 0.2) is 0 Å². The van der Waals surface area contributed by atoms with E-state index < -0.39 is 35.2 Å². The van der Waals surface area contributed by atoms with Crippen LogP contribution >= 0.6 is 23.4 Å². The fourth-order valence-electron chi connectivity index (χ4n) is 2.92. The molecule has 10 nitrogen and oxygen atoms in total. The largest absolute Gasteiger partial charge is 0.477 e. The molecule has 1 saturated heterocycles. The lowest BCUT2D eigenvalue weighted by atomic mass is 10.0. The van der Waals surface area contributed by atoms with Crippen LogP contribution in [0.15, 0.2) is 17.5 Å². The number of carbonyl (C=O) groups excluding carboxylic acids is 3. The minimum absolute atomic E-state index is 0.117. The second-order valence-corrected chi connectivity index (χ2v) is 7.76. The average molecular weight is 429 g/mol. The highest BCUT2D eigenvalue weighted by atomic mass is 35.5. The summed E-state index contributed by atoms with van der Waals surface area (Å²) in [7, 11) is 0. The smallest absolute Gasteiger partial charge is 0.352 e. The van der Waals surface area contributed by atoms with Gasteiger partial charge in [0.05, 0.1) is 10.7 Å². The number of thioether (sulfide) groups is 1. The predicted molar refractivity (Wildman–Crippen MR) is 98.3 cm³/mol. The molecule has 2 aliphatic rings. The minimum atomic E-state index is -1.28. The highest BCUT2D eigenvalue weighted by molar-refractivity contribution is 8.00.